The third-order valence-corrected chi connectivity index (χ3v) is 10.6. The van der Waals surface area contributed by atoms with E-state index in [0.29, 0.717) is 0 Å². The molecule has 0 saturated carbocycles. The largest absolute Gasteiger partial charge is 0.458 e. The molecule has 1 heterocycles. The average Bonchev–Trinajstić information content (AvgIpc) is 2.42. The van der Waals surface area contributed by atoms with E-state index in [-0.39, 0.29) is 28.8 Å². The summed E-state index contributed by atoms with van der Waals surface area (Å²) in [6.07, 6.45) is 1.93. The maximum absolute atomic E-state index is 6.33. The molecule has 5 heteroatoms. The highest BCUT2D eigenvalue weighted by Gasteiger charge is 2.52. The fourth-order valence-electron chi connectivity index (χ4n) is 2.40. The SMILES string of the molecule is CC(C)(CCO[Si](C)(C)C(C)(C)C)CB1OC(C)(C)C(C)(C)O1. The van der Waals surface area contributed by atoms with Crippen LogP contribution < -0.4 is 0 Å². The van der Waals surface area contributed by atoms with Crippen molar-refractivity contribution in [2.75, 3.05) is 6.61 Å². The molecule has 0 aromatic carbocycles. The molecule has 0 aromatic rings. The van der Waals surface area contributed by atoms with Crippen molar-refractivity contribution in [3.05, 3.63) is 0 Å². The predicted octanol–water partition coefficient (Wildman–Crippen LogP) is 5.52. The molecule has 1 aliphatic heterocycles. The van der Waals surface area contributed by atoms with Crippen molar-refractivity contribution in [3.8, 4) is 0 Å². The Morgan fingerprint density at radius 2 is 1.35 bits per heavy atom. The molecule has 1 rings (SSSR count). The summed E-state index contributed by atoms with van der Waals surface area (Å²) in [7, 11) is -1.78. The summed E-state index contributed by atoms with van der Waals surface area (Å²) in [6.45, 7) is 25.3. The Morgan fingerprint density at radius 3 is 1.74 bits per heavy atom. The van der Waals surface area contributed by atoms with Crippen molar-refractivity contribution in [3.63, 3.8) is 0 Å². The zero-order chi connectivity index (χ0) is 18.3. The first-order valence-corrected chi connectivity index (χ1v) is 11.9. The van der Waals surface area contributed by atoms with Gasteiger partial charge in [0.1, 0.15) is 0 Å². The summed E-state index contributed by atoms with van der Waals surface area (Å²) in [4.78, 5) is 0. The Balaban J connectivity index is 2.52. The lowest BCUT2D eigenvalue weighted by atomic mass is 9.68. The molecule has 0 amide bonds. The van der Waals surface area contributed by atoms with Crippen LogP contribution in [0.15, 0.2) is 0 Å². The van der Waals surface area contributed by atoms with Gasteiger partial charge >= 0.3 is 7.12 Å². The number of hydrogen-bond donors (Lipinski definition) is 0. The van der Waals surface area contributed by atoms with Crippen LogP contribution in [0.2, 0.25) is 24.5 Å². The first kappa shape index (κ1) is 21.2. The Hall–Kier alpha value is 0.162. The summed E-state index contributed by atoms with van der Waals surface area (Å²) in [5.41, 5.74) is -0.347. The maximum atomic E-state index is 6.33. The van der Waals surface area contributed by atoms with Crippen LogP contribution in [0.25, 0.3) is 0 Å². The van der Waals surface area contributed by atoms with Gasteiger partial charge in [-0.15, -0.1) is 0 Å². The zero-order valence-corrected chi connectivity index (χ0v) is 18.4. The molecule has 0 bridgehead atoms. The summed E-state index contributed by atoms with van der Waals surface area (Å²) in [5, 5.41) is 0.267. The molecular formula is C18H39BO3Si. The summed E-state index contributed by atoms with van der Waals surface area (Å²) >= 11 is 0. The van der Waals surface area contributed by atoms with Crippen LogP contribution in [0.3, 0.4) is 0 Å². The van der Waals surface area contributed by atoms with E-state index in [2.05, 4.69) is 75.4 Å². The predicted molar refractivity (Wildman–Crippen MR) is 102 cm³/mol. The molecule has 1 fully saturated rings. The lowest BCUT2D eigenvalue weighted by Gasteiger charge is -2.37. The number of rotatable bonds is 6. The molecule has 136 valence electrons. The minimum absolute atomic E-state index is 0.122. The van der Waals surface area contributed by atoms with E-state index in [1.54, 1.807) is 0 Å². The third kappa shape index (κ3) is 5.32. The minimum Gasteiger partial charge on any atom is -0.417 e. The highest BCUT2D eigenvalue weighted by Crippen LogP contribution is 2.42. The molecule has 23 heavy (non-hydrogen) atoms. The fraction of sp³-hybridized carbons (Fsp3) is 1.00. The van der Waals surface area contributed by atoms with Crippen molar-refractivity contribution >= 4 is 15.4 Å². The Kier molecular flexibility index (Phi) is 5.97. The van der Waals surface area contributed by atoms with Crippen LogP contribution in [0.1, 0.15) is 68.7 Å². The van der Waals surface area contributed by atoms with Gasteiger partial charge in [-0.3, -0.25) is 0 Å². The van der Waals surface area contributed by atoms with Crippen molar-refractivity contribution in [1.82, 2.24) is 0 Å². The van der Waals surface area contributed by atoms with Gasteiger partial charge in [0.25, 0.3) is 0 Å². The van der Waals surface area contributed by atoms with Gasteiger partial charge in [-0.1, -0.05) is 34.6 Å². The molecule has 3 nitrogen and oxygen atoms in total. The van der Waals surface area contributed by atoms with E-state index in [4.69, 9.17) is 13.7 Å². The topological polar surface area (TPSA) is 27.7 Å². The normalized spacial score (nSPS) is 21.8. The molecule has 0 N–H and O–H groups in total. The maximum Gasteiger partial charge on any atom is 0.458 e. The lowest BCUT2D eigenvalue weighted by molar-refractivity contribution is 0.00578. The van der Waals surface area contributed by atoms with Gasteiger partial charge in [-0.05, 0) is 64.0 Å². The number of hydrogen-bond acceptors (Lipinski definition) is 3. The molecular weight excluding hydrogens is 303 g/mol. The first-order valence-electron chi connectivity index (χ1n) is 8.99. The standard InChI is InChI=1S/C18H39BO3Si/c1-15(2,3)23(10,11)20-13-12-16(4,5)14-19-21-17(6,7)18(8,9)22-19/h12-14H2,1-11H3. The molecule has 0 aliphatic carbocycles. The molecule has 1 aliphatic rings. The quantitative estimate of drug-likeness (QED) is 0.595. The van der Waals surface area contributed by atoms with E-state index in [0.717, 1.165) is 19.3 Å². The van der Waals surface area contributed by atoms with Crippen LogP contribution in [0.5, 0.6) is 0 Å². The summed E-state index contributed by atoms with van der Waals surface area (Å²) in [5.74, 6) is 0. The minimum atomic E-state index is -1.66. The van der Waals surface area contributed by atoms with Crippen molar-refractivity contribution in [2.24, 2.45) is 5.41 Å². The van der Waals surface area contributed by atoms with Gasteiger partial charge in [-0.25, -0.2) is 0 Å². The third-order valence-electron chi connectivity index (χ3n) is 6.07. The zero-order valence-electron chi connectivity index (χ0n) is 17.4. The van der Waals surface area contributed by atoms with E-state index >= 15 is 0 Å². The van der Waals surface area contributed by atoms with E-state index in [1.807, 2.05) is 0 Å². The van der Waals surface area contributed by atoms with Crippen molar-refractivity contribution < 1.29 is 13.7 Å². The highest BCUT2D eigenvalue weighted by atomic mass is 28.4. The molecule has 0 unspecified atom stereocenters. The Morgan fingerprint density at radius 1 is 0.913 bits per heavy atom. The van der Waals surface area contributed by atoms with Gasteiger partial charge in [0.2, 0.25) is 0 Å². The van der Waals surface area contributed by atoms with Gasteiger partial charge in [0.05, 0.1) is 11.2 Å². The molecule has 0 atom stereocenters. The van der Waals surface area contributed by atoms with Crippen LogP contribution in [-0.4, -0.2) is 33.2 Å². The second kappa shape index (κ2) is 6.47. The van der Waals surface area contributed by atoms with E-state index in [9.17, 15) is 0 Å². The molecule has 0 spiro atoms. The molecule has 1 saturated heterocycles. The summed E-state index contributed by atoms with van der Waals surface area (Å²) < 4.78 is 18.6. The Bertz CT molecular complexity index is 395. The van der Waals surface area contributed by atoms with Crippen LogP contribution >= 0.6 is 0 Å². The second-order valence-electron chi connectivity index (χ2n) is 10.4. The first-order chi connectivity index (χ1) is 9.99. The molecule has 0 aromatic heterocycles. The molecule has 0 radical (unpaired) electrons. The summed E-state index contributed by atoms with van der Waals surface area (Å²) in [6, 6.07) is 0. The van der Waals surface area contributed by atoms with Gasteiger partial charge in [0.15, 0.2) is 8.32 Å². The average molecular weight is 342 g/mol. The van der Waals surface area contributed by atoms with Crippen LogP contribution in [0.4, 0.5) is 0 Å². The van der Waals surface area contributed by atoms with Crippen molar-refractivity contribution in [2.45, 2.75) is 104 Å². The lowest BCUT2D eigenvalue weighted by Crippen LogP contribution is -2.41. The van der Waals surface area contributed by atoms with Gasteiger partial charge in [-0.2, -0.15) is 0 Å². The Labute approximate surface area is 146 Å². The van der Waals surface area contributed by atoms with E-state index in [1.165, 1.54) is 0 Å². The van der Waals surface area contributed by atoms with E-state index < -0.39 is 8.32 Å². The van der Waals surface area contributed by atoms with Crippen molar-refractivity contribution in [1.29, 1.82) is 0 Å². The highest BCUT2D eigenvalue weighted by molar-refractivity contribution is 6.74. The van der Waals surface area contributed by atoms with Gasteiger partial charge in [0, 0.05) is 6.61 Å². The monoisotopic (exact) mass is 342 g/mol. The van der Waals surface area contributed by atoms with Crippen LogP contribution in [-0.2, 0) is 13.7 Å². The van der Waals surface area contributed by atoms with Crippen LogP contribution in [0, 0.1) is 5.41 Å². The van der Waals surface area contributed by atoms with Gasteiger partial charge < -0.3 is 13.7 Å². The smallest absolute Gasteiger partial charge is 0.417 e. The fourth-order valence-corrected chi connectivity index (χ4v) is 3.45. The second-order valence-corrected chi connectivity index (χ2v) is 15.2.